The number of carbonyl (C=O) groups is 2. The molecule has 0 saturated carbocycles. The van der Waals surface area contributed by atoms with Crippen molar-refractivity contribution in [3.05, 3.63) is 35.9 Å². The van der Waals surface area contributed by atoms with Gasteiger partial charge in [0.25, 0.3) is 0 Å². The van der Waals surface area contributed by atoms with Crippen LogP contribution in [-0.2, 0) is 16.0 Å². The van der Waals surface area contributed by atoms with Crippen molar-refractivity contribution in [3.8, 4) is 0 Å². The number of nitrogens with one attached hydrogen (secondary N) is 2. The van der Waals surface area contributed by atoms with Crippen LogP contribution in [0, 0.1) is 0 Å². The Morgan fingerprint density at radius 1 is 1.11 bits per heavy atom. The summed E-state index contributed by atoms with van der Waals surface area (Å²) in [6.45, 7) is 5.26. The van der Waals surface area contributed by atoms with Crippen LogP contribution in [0.3, 0.4) is 0 Å². The number of rotatable bonds is 3. The largest absolute Gasteiger partial charge is 0.443 e. The van der Waals surface area contributed by atoms with E-state index in [1.165, 1.54) is 0 Å². The first kappa shape index (κ1) is 15.0. The molecule has 104 valence electrons. The molecule has 0 radical (unpaired) electrons. The third kappa shape index (κ3) is 7.08. The normalized spacial score (nSPS) is 10.7. The second kappa shape index (κ2) is 6.78. The van der Waals surface area contributed by atoms with Gasteiger partial charge in [-0.3, -0.25) is 10.2 Å². The summed E-state index contributed by atoms with van der Waals surface area (Å²) in [5, 5.41) is 0. The molecule has 0 aliphatic rings. The van der Waals surface area contributed by atoms with Crippen molar-refractivity contribution in [2.45, 2.75) is 39.2 Å². The summed E-state index contributed by atoms with van der Waals surface area (Å²) in [4.78, 5) is 22.8. The first-order valence-corrected chi connectivity index (χ1v) is 6.18. The minimum atomic E-state index is -0.666. The van der Waals surface area contributed by atoms with Gasteiger partial charge in [-0.25, -0.2) is 10.2 Å². The zero-order valence-corrected chi connectivity index (χ0v) is 11.5. The van der Waals surface area contributed by atoms with Gasteiger partial charge in [0.05, 0.1) is 0 Å². The molecule has 0 aromatic heterocycles. The molecule has 1 rings (SSSR count). The fraction of sp³-hybridized carbons (Fsp3) is 0.429. The summed E-state index contributed by atoms with van der Waals surface area (Å²) in [6, 6.07) is 9.68. The number of carbonyl (C=O) groups excluding carboxylic acids is 2. The van der Waals surface area contributed by atoms with Crippen LogP contribution in [0.5, 0.6) is 0 Å². The van der Waals surface area contributed by atoms with Crippen molar-refractivity contribution in [1.82, 2.24) is 10.9 Å². The van der Waals surface area contributed by atoms with E-state index in [9.17, 15) is 9.59 Å². The first-order chi connectivity index (χ1) is 8.87. The summed E-state index contributed by atoms with van der Waals surface area (Å²) in [6.07, 6.45) is 0.267. The number of hydrogen-bond acceptors (Lipinski definition) is 3. The molecule has 0 bridgehead atoms. The van der Waals surface area contributed by atoms with E-state index >= 15 is 0 Å². The Hall–Kier alpha value is -2.04. The van der Waals surface area contributed by atoms with Crippen LogP contribution < -0.4 is 10.9 Å². The van der Waals surface area contributed by atoms with Crippen LogP contribution in [-0.4, -0.2) is 17.6 Å². The van der Waals surface area contributed by atoms with Crippen molar-refractivity contribution < 1.29 is 14.3 Å². The molecule has 0 fully saturated rings. The smallest absolute Gasteiger partial charge is 0.426 e. The number of ether oxygens (including phenoxy) is 1. The minimum absolute atomic E-state index is 0.255. The SMILES string of the molecule is CC(C)(C)OC(=O)NNC(=O)CCc1ccccc1. The zero-order chi connectivity index (χ0) is 14.3. The van der Waals surface area contributed by atoms with Gasteiger partial charge in [0.15, 0.2) is 0 Å². The van der Waals surface area contributed by atoms with Crippen molar-refractivity contribution in [1.29, 1.82) is 0 Å². The fourth-order valence-electron chi connectivity index (χ4n) is 1.39. The molecule has 19 heavy (non-hydrogen) atoms. The van der Waals surface area contributed by atoms with Crippen LogP contribution >= 0.6 is 0 Å². The van der Waals surface area contributed by atoms with Gasteiger partial charge >= 0.3 is 6.09 Å². The Morgan fingerprint density at radius 2 is 1.74 bits per heavy atom. The predicted molar refractivity (Wildman–Crippen MR) is 72.3 cm³/mol. The molecule has 0 aliphatic heterocycles. The highest BCUT2D eigenvalue weighted by Gasteiger charge is 2.16. The van der Waals surface area contributed by atoms with Crippen LogP contribution in [0.4, 0.5) is 4.79 Å². The average Bonchev–Trinajstić information content (AvgIpc) is 2.33. The van der Waals surface area contributed by atoms with Gasteiger partial charge in [0.1, 0.15) is 5.60 Å². The Morgan fingerprint density at radius 3 is 2.32 bits per heavy atom. The molecule has 0 unspecified atom stereocenters. The lowest BCUT2D eigenvalue weighted by Gasteiger charge is -2.19. The van der Waals surface area contributed by atoms with Gasteiger partial charge in [-0.2, -0.15) is 0 Å². The van der Waals surface area contributed by atoms with E-state index in [0.717, 1.165) is 5.56 Å². The number of hydrogen-bond donors (Lipinski definition) is 2. The third-order valence-electron chi connectivity index (χ3n) is 2.19. The van der Waals surface area contributed by atoms with Crippen LogP contribution in [0.25, 0.3) is 0 Å². The summed E-state index contributed by atoms with van der Waals surface area (Å²) in [5.74, 6) is -0.255. The van der Waals surface area contributed by atoms with E-state index in [4.69, 9.17) is 4.74 Å². The van der Waals surface area contributed by atoms with Crippen LogP contribution in [0.2, 0.25) is 0 Å². The summed E-state index contributed by atoms with van der Waals surface area (Å²) in [5.41, 5.74) is 5.02. The van der Waals surface area contributed by atoms with Crippen molar-refractivity contribution in [3.63, 3.8) is 0 Å². The van der Waals surface area contributed by atoms with E-state index in [0.29, 0.717) is 12.8 Å². The monoisotopic (exact) mass is 264 g/mol. The molecule has 0 spiro atoms. The molecule has 0 saturated heterocycles. The number of aryl methyl sites for hydroxylation is 1. The molecular formula is C14H20N2O3. The van der Waals surface area contributed by atoms with Gasteiger partial charge in [-0.15, -0.1) is 0 Å². The van der Waals surface area contributed by atoms with Gasteiger partial charge in [-0.05, 0) is 32.8 Å². The molecule has 5 heteroatoms. The molecular weight excluding hydrogens is 244 g/mol. The molecule has 2 amide bonds. The maximum absolute atomic E-state index is 11.5. The van der Waals surface area contributed by atoms with E-state index in [1.54, 1.807) is 20.8 Å². The number of benzene rings is 1. The highest BCUT2D eigenvalue weighted by molar-refractivity contribution is 5.79. The maximum atomic E-state index is 11.5. The van der Waals surface area contributed by atoms with E-state index in [1.807, 2.05) is 30.3 Å². The summed E-state index contributed by atoms with van der Waals surface area (Å²) >= 11 is 0. The summed E-state index contributed by atoms with van der Waals surface area (Å²) in [7, 11) is 0. The molecule has 2 N–H and O–H groups in total. The quantitative estimate of drug-likeness (QED) is 0.822. The van der Waals surface area contributed by atoms with Crippen LogP contribution in [0.1, 0.15) is 32.8 Å². The highest BCUT2D eigenvalue weighted by Crippen LogP contribution is 2.06. The Kier molecular flexibility index (Phi) is 5.36. The molecule has 0 heterocycles. The number of hydrazine groups is 1. The topological polar surface area (TPSA) is 67.4 Å². The zero-order valence-electron chi connectivity index (χ0n) is 11.5. The third-order valence-corrected chi connectivity index (χ3v) is 2.19. The molecule has 1 aromatic rings. The average molecular weight is 264 g/mol. The second-order valence-electron chi connectivity index (χ2n) is 5.16. The van der Waals surface area contributed by atoms with Crippen molar-refractivity contribution in [2.75, 3.05) is 0 Å². The fourth-order valence-corrected chi connectivity index (χ4v) is 1.39. The van der Waals surface area contributed by atoms with Gasteiger partial charge in [0.2, 0.25) is 5.91 Å². The molecule has 5 nitrogen and oxygen atoms in total. The Bertz CT molecular complexity index is 424. The Balaban J connectivity index is 2.23. The maximum Gasteiger partial charge on any atom is 0.426 e. The Labute approximate surface area is 113 Å². The van der Waals surface area contributed by atoms with E-state index in [-0.39, 0.29) is 5.91 Å². The van der Waals surface area contributed by atoms with Gasteiger partial charge in [-0.1, -0.05) is 30.3 Å². The molecule has 0 atom stereocenters. The lowest BCUT2D eigenvalue weighted by atomic mass is 10.1. The van der Waals surface area contributed by atoms with Gasteiger partial charge in [0, 0.05) is 6.42 Å². The standard InChI is InChI=1S/C14H20N2O3/c1-14(2,3)19-13(18)16-15-12(17)10-9-11-7-5-4-6-8-11/h4-8H,9-10H2,1-3H3,(H,15,17)(H,16,18). The molecule has 0 aliphatic carbocycles. The second-order valence-corrected chi connectivity index (χ2v) is 5.16. The van der Waals surface area contributed by atoms with E-state index < -0.39 is 11.7 Å². The van der Waals surface area contributed by atoms with Gasteiger partial charge < -0.3 is 4.74 Å². The lowest BCUT2D eigenvalue weighted by molar-refractivity contribution is -0.122. The number of amides is 2. The molecule has 1 aromatic carbocycles. The highest BCUT2D eigenvalue weighted by atomic mass is 16.6. The minimum Gasteiger partial charge on any atom is -0.443 e. The first-order valence-electron chi connectivity index (χ1n) is 6.18. The van der Waals surface area contributed by atoms with Crippen LogP contribution in [0.15, 0.2) is 30.3 Å². The predicted octanol–water partition coefficient (Wildman–Crippen LogP) is 2.18. The lowest BCUT2D eigenvalue weighted by Crippen LogP contribution is -2.44. The van der Waals surface area contributed by atoms with Crippen molar-refractivity contribution >= 4 is 12.0 Å². The van der Waals surface area contributed by atoms with E-state index in [2.05, 4.69) is 10.9 Å². The van der Waals surface area contributed by atoms with Crippen molar-refractivity contribution in [2.24, 2.45) is 0 Å². The summed E-state index contributed by atoms with van der Waals surface area (Å²) < 4.78 is 4.99.